The Bertz CT molecular complexity index is 1010. The molecular weight excluding hydrogens is 290 g/mol. The molecule has 4 aromatic rings. The van der Waals surface area contributed by atoms with Crippen molar-refractivity contribution in [3.8, 4) is 22.9 Å². The molecule has 0 aliphatic carbocycles. The maximum absolute atomic E-state index is 5.55. The van der Waals surface area contributed by atoms with Crippen molar-refractivity contribution in [1.82, 2.24) is 14.6 Å². The molecule has 0 saturated carbocycles. The Balaban J connectivity index is 2.09. The number of fused-ring (bicyclic) bond motifs is 3. The van der Waals surface area contributed by atoms with Crippen LogP contribution in [0, 0.1) is 0 Å². The number of rotatable bonds is 3. The molecule has 0 N–H and O–H groups in total. The van der Waals surface area contributed by atoms with Crippen LogP contribution >= 0.6 is 0 Å². The Hall–Kier alpha value is -3.08. The molecule has 0 saturated heterocycles. The first kappa shape index (κ1) is 13.6. The Labute approximate surface area is 133 Å². The second kappa shape index (κ2) is 5.28. The molecule has 0 aliphatic rings. The molecule has 0 aliphatic heterocycles. The van der Waals surface area contributed by atoms with Gasteiger partial charge < -0.3 is 9.47 Å². The maximum atomic E-state index is 5.55. The van der Waals surface area contributed by atoms with Gasteiger partial charge in [-0.1, -0.05) is 24.3 Å². The lowest BCUT2D eigenvalue weighted by Gasteiger charge is -2.12. The van der Waals surface area contributed by atoms with Crippen molar-refractivity contribution >= 4 is 16.6 Å². The fourth-order valence-electron chi connectivity index (χ4n) is 2.88. The van der Waals surface area contributed by atoms with Crippen LogP contribution in [0.4, 0.5) is 0 Å². The maximum Gasteiger partial charge on any atom is 0.172 e. The van der Waals surface area contributed by atoms with E-state index in [1.54, 1.807) is 14.2 Å². The summed E-state index contributed by atoms with van der Waals surface area (Å²) in [5.41, 5.74) is 2.69. The fourth-order valence-corrected chi connectivity index (χ4v) is 2.88. The van der Waals surface area contributed by atoms with Crippen LogP contribution in [0.3, 0.4) is 0 Å². The minimum absolute atomic E-state index is 0.650. The third-order valence-corrected chi connectivity index (χ3v) is 3.92. The predicted molar refractivity (Wildman–Crippen MR) is 89.0 cm³/mol. The van der Waals surface area contributed by atoms with Gasteiger partial charge in [0.05, 0.1) is 25.3 Å². The minimum Gasteiger partial charge on any atom is -0.493 e. The lowest BCUT2D eigenvalue weighted by molar-refractivity contribution is 0.356. The third kappa shape index (κ3) is 2.01. The van der Waals surface area contributed by atoms with Crippen molar-refractivity contribution in [2.75, 3.05) is 14.2 Å². The number of nitrogens with zero attached hydrogens (tertiary/aromatic N) is 3. The van der Waals surface area contributed by atoms with Gasteiger partial charge in [-0.2, -0.15) is 0 Å². The van der Waals surface area contributed by atoms with E-state index >= 15 is 0 Å². The molecule has 5 heteroatoms. The SMILES string of the molecule is COc1cccc(-c2nnc3ccc4ccccc4n23)c1OC. The highest BCUT2D eigenvalue weighted by Gasteiger charge is 2.17. The van der Waals surface area contributed by atoms with E-state index in [2.05, 4.69) is 22.3 Å². The van der Waals surface area contributed by atoms with Crippen molar-refractivity contribution < 1.29 is 9.47 Å². The van der Waals surface area contributed by atoms with Crippen LogP contribution in [-0.2, 0) is 0 Å². The second-order valence-electron chi connectivity index (χ2n) is 5.15. The number of benzene rings is 2. The molecule has 0 atom stereocenters. The molecule has 0 amide bonds. The molecule has 4 rings (SSSR count). The second-order valence-corrected chi connectivity index (χ2v) is 5.15. The minimum atomic E-state index is 0.650. The quantitative estimate of drug-likeness (QED) is 0.580. The summed E-state index contributed by atoms with van der Waals surface area (Å²) in [6.07, 6.45) is 0. The van der Waals surface area contributed by atoms with Crippen molar-refractivity contribution in [3.63, 3.8) is 0 Å². The van der Waals surface area contributed by atoms with Gasteiger partial charge in [-0.25, -0.2) is 0 Å². The van der Waals surface area contributed by atoms with E-state index in [9.17, 15) is 0 Å². The number of pyridine rings is 1. The predicted octanol–water partition coefficient (Wildman–Crippen LogP) is 3.57. The first-order valence-electron chi connectivity index (χ1n) is 7.27. The molecule has 0 fully saturated rings. The van der Waals surface area contributed by atoms with E-state index in [1.807, 2.05) is 46.9 Å². The van der Waals surface area contributed by atoms with Crippen LogP contribution < -0.4 is 9.47 Å². The van der Waals surface area contributed by atoms with Crippen LogP contribution in [0.25, 0.3) is 27.9 Å². The first-order chi connectivity index (χ1) is 11.3. The molecule has 114 valence electrons. The summed E-state index contributed by atoms with van der Waals surface area (Å²) in [4.78, 5) is 0. The van der Waals surface area contributed by atoms with Gasteiger partial charge in [-0.05, 0) is 35.7 Å². The highest BCUT2D eigenvalue weighted by atomic mass is 16.5. The fraction of sp³-hybridized carbons (Fsp3) is 0.111. The van der Waals surface area contributed by atoms with Gasteiger partial charge in [0.25, 0.3) is 0 Å². The highest BCUT2D eigenvalue weighted by molar-refractivity contribution is 5.84. The van der Waals surface area contributed by atoms with Crippen molar-refractivity contribution in [1.29, 1.82) is 0 Å². The Morgan fingerprint density at radius 1 is 0.826 bits per heavy atom. The lowest BCUT2D eigenvalue weighted by Crippen LogP contribution is -1.97. The number of para-hydroxylation sites is 2. The van der Waals surface area contributed by atoms with E-state index in [0.717, 1.165) is 27.9 Å². The Morgan fingerprint density at radius 2 is 1.70 bits per heavy atom. The highest BCUT2D eigenvalue weighted by Crippen LogP contribution is 2.37. The van der Waals surface area contributed by atoms with E-state index in [4.69, 9.17) is 9.47 Å². The topological polar surface area (TPSA) is 48.7 Å². The molecular formula is C18H15N3O2. The summed E-state index contributed by atoms with van der Waals surface area (Å²) < 4.78 is 13.0. The van der Waals surface area contributed by atoms with Crippen molar-refractivity contribution in [2.24, 2.45) is 0 Å². The summed E-state index contributed by atoms with van der Waals surface area (Å²) in [5, 5.41) is 9.80. The van der Waals surface area contributed by atoms with Crippen LogP contribution in [0.1, 0.15) is 0 Å². The lowest BCUT2D eigenvalue weighted by atomic mass is 10.1. The Kier molecular flexibility index (Phi) is 3.12. The number of methoxy groups -OCH3 is 2. The number of aromatic nitrogens is 3. The summed E-state index contributed by atoms with van der Waals surface area (Å²) in [6.45, 7) is 0. The molecule has 5 nitrogen and oxygen atoms in total. The average Bonchev–Trinajstić information content (AvgIpc) is 3.05. The molecule has 0 bridgehead atoms. The molecule has 0 radical (unpaired) electrons. The average molecular weight is 305 g/mol. The first-order valence-corrected chi connectivity index (χ1v) is 7.27. The van der Waals surface area contributed by atoms with Crippen molar-refractivity contribution in [2.45, 2.75) is 0 Å². The standard InChI is InChI=1S/C18H15N3O2/c1-22-15-9-5-7-13(17(15)23-2)18-20-19-16-11-10-12-6-3-4-8-14(12)21(16)18/h3-11H,1-2H3. The zero-order chi connectivity index (χ0) is 15.8. The molecule has 0 spiro atoms. The molecule has 0 unspecified atom stereocenters. The smallest absolute Gasteiger partial charge is 0.172 e. The monoisotopic (exact) mass is 305 g/mol. The summed E-state index contributed by atoms with van der Waals surface area (Å²) in [7, 11) is 3.25. The van der Waals surface area contributed by atoms with Gasteiger partial charge in [0.1, 0.15) is 0 Å². The van der Waals surface area contributed by atoms with Gasteiger partial charge in [-0.15, -0.1) is 10.2 Å². The van der Waals surface area contributed by atoms with Crippen LogP contribution in [0.5, 0.6) is 11.5 Å². The van der Waals surface area contributed by atoms with Gasteiger partial charge in [0.15, 0.2) is 23.0 Å². The molecule has 2 aromatic carbocycles. The summed E-state index contributed by atoms with van der Waals surface area (Å²) in [5.74, 6) is 2.05. The molecule has 2 heterocycles. The summed E-state index contributed by atoms with van der Waals surface area (Å²) in [6, 6.07) is 17.9. The van der Waals surface area contributed by atoms with E-state index in [1.165, 1.54) is 0 Å². The van der Waals surface area contributed by atoms with Crippen LogP contribution in [0.15, 0.2) is 54.6 Å². The number of hydrogen-bond donors (Lipinski definition) is 0. The normalized spacial score (nSPS) is 11.0. The van der Waals surface area contributed by atoms with E-state index in [-0.39, 0.29) is 0 Å². The van der Waals surface area contributed by atoms with E-state index in [0.29, 0.717) is 11.5 Å². The Morgan fingerprint density at radius 3 is 2.52 bits per heavy atom. The van der Waals surface area contributed by atoms with Crippen LogP contribution in [-0.4, -0.2) is 28.8 Å². The van der Waals surface area contributed by atoms with Gasteiger partial charge in [-0.3, -0.25) is 4.40 Å². The largest absolute Gasteiger partial charge is 0.493 e. The molecule has 23 heavy (non-hydrogen) atoms. The van der Waals surface area contributed by atoms with Crippen LogP contribution in [0.2, 0.25) is 0 Å². The number of ether oxygens (including phenoxy) is 2. The summed E-state index contributed by atoms with van der Waals surface area (Å²) >= 11 is 0. The van der Waals surface area contributed by atoms with Crippen molar-refractivity contribution in [3.05, 3.63) is 54.6 Å². The third-order valence-electron chi connectivity index (χ3n) is 3.92. The zero-order valence-electron chi connectivity index (χ0n) is 12.9. The van der Waals surface area contributed by atoms with E-state index < -0.39 is 0 Å². The zero-order valence-corrected chi connectivity index (χ0v) is 12.9. The van der Waals surface area contributed by atoms with Gasteiger partial charge in [0.2, 0.25) is 0 Å². The molecule has 2 aromatic heterocycles. The number of hydrogen-bond acceptors (Lipinski definition) is 4. The van der Waals surface area contributed by atoms with Gasteiger partial charge >= 0.3 is 0 Å². The van der Waals surface area contributed by atoms with Gasteiger partial charge in [0, 0.05) is 0 Å².